The molecule has 0 bridgehead atoms. The molecule has 3 rings (SSSR count). The minimum absolute atomic E-state index is 0.0786. The van der Waals surface area contributed by atoms with Crippen molar-refractivity contribution in [2.45, 2.75) is 31.8 Å². The molecule has 2 aromatic rings. The molecule has 1 unspecified atom stereocenters. The number of carbonyl (C=O) groups is 1. The van der Waals surface area contributed by atoms with E-state index in [2.05, 4.69) is 32.3 Å². The zero-order valence-electron chi connectivity index (χ0n) is 18.8. The van der Waals surface area contributed by atoms with Crippen LogP contribution in [0.15, 0.2) is 47.4 Å². The van der Waals surface area contributed by atoms with Crippen molar-refractivity contribution >= 4 is 36.0 Å². The maximum atomic E-state index is 12.8. The maximum Gasteiger partial charge on any atom is 0.271 e. The van der Waals surface area contributed by atoms with Crippen molar-refractivity contribution in [1.82, 2.24) is 15.3 Å². The van der Waals surface area contributed by atoms with Gasteiger partial charge in [-0.05, 0) is 44.2 Å². The molecule has 176 valence electrons. The Labute approximate surface area is 198 Å². The fourth-order valence-corrected chi connectivity index (χ4v) is 3.69. The van der Waals surface area contributed by atoms with Gasteiger partial charge >= 0.3 is 0 Å². The molecule has 0 saturated carbocycles. The van der Waals surface area contributed by atoms with Crippen LogP contribution in [0.4, 0.5) is 11.8 Å². The smallest absolute Gasteiger partial charge is 0.271 e. The number of benzene rings is 1. The number of amides is 1. The van der Waals surface area contributed by atoms with Gasteiger partial charge in [-0.2, -0.15) is 4.98 Å². The third-order valence-electron chi connectivity index (χ3n) is 5.29. The van der Waals surface area contributed by atoms with Gasteiger partial charge < -0.3 is 25.4 Å². The van der Waals surface area contributed by atoms with Gasteiger partial charge in [-0.15, -0.1) is 0 Å². The number of hydrogen-bond donors (Lipinski definition) is 3. The summed E-state index contributed by atoms with van der Waals surface area (Å²) in [5, 5.41) is 16.4. The molecule has 1 atom stereocenters. The van der Waals surface area contributed by atoms with E-state index in [1.165, 1.54) is 0 Å². The summed E-state index contributed by atoms with van der Waals surface area (Å²) in [6.07, 6.45) is 5.07. The fourth-order valence-electron chi connectivity index (χ4n) is 3.49. The van der Waals surface area contributed by atoms with Crippen LogP contribution < -0.4 is 15.5 Å². The van der Waals surface area contributed by atoms with E-state index >= 15 is 0 Å². The fraction of sp³-hybridized carbons (Fsp3) is 0.391. The van der Waals surface area contributed by atoms with Crippen LogP contribution in [0.3, 0.4) is 0 Å². The Morgan fingerprint density at radius 2 is 2.21 bits per heavy atom. The highest BCUT2D eigenvalue weighted by atomic mass is 35.5. The summed E-state index contributed by atoms with van der Waals surface area (Å²) in [6.45, 7) is 6.55. The number of aliphatic imine (C=N–C) groups is 1. The van der Waals surface area contributed by atoms with E-state index in [0.717, 1.165) is 18.4 Å². The lowest BCUT2D eigenvalue weighted by atomic mass is 10.1. The molecule has 9 nitrogen and oxygen atoms in total. The average molecular weight is 473 g/mol. The zero-order valence-corrected chi connectivity index (χ0v) is 19.5. The molecule has 10 heteroatoms. The predicted molar refractivity (Wildman–Crippen MR) is 130 cm³/mol. The van der Waals surface area contributed by atoms with Crippen molar-refractivity contribution in [3.8, 4) is 0 Å². The standard InChI is InChI=1S/C23H29ClN6O3/c1-15-12-26-23(27-18-7-9-33-10-8-18)29-21(15)30(3)13-19(25-2)22(32)28-20(14-31)16-5-4-6-17(24)11-16/h4-6,11-13,18,20,31H,2,7-10,14H2,1,3H3,(H,28,32)(H,26,27,29)/b19-13-. The number of nitrogens with one attached hydrogen (secondary N) is 2. The zero-order chi connectivity index (χ0) is 23.8. The molecule has 0 radical (unpaired) electrons. The number of aliphatic hydroxyl groups is 1. The van der Waals surface area contributed by atoms with Crippen LogP contribution in [0.5, 0.6) is 0 Å². The Bertz CT molecular complexity index is 1010. The van der Waals surface area contributed by atoms with Crippen molar-refractivity contribution < 1.29 is 14.6 Å². The number of nitrogens with zero attached hydrogens (tertiary/aromatic N) is 4. The van der Waals surface area contributed by atoms with Gasteiger partial charge in [0.25, 0.3) is 5.91 Å². The number of aliphatic hydroxyl groups excluding tert-OH is 1. The third-order valence-corrected chi connectivity index (χ3v) is 5.53. The number of carbonyl (C=O) groups excluding carboxylic acids is 1. The van der Waals surface area contributed by atoms with Crippen LogP contribution in [-0.2, 0) is 9.53 Å². The van der Waals surface area contributed by atoms with Crippen LogP contribution in [0.1, 0.15) is 30.0 Å². The lowest BCUT2D eigenvalue weighted by Gasteiger charge is -2.24. The van der Waals surface area contributed by atoms with Gasteiger partial charge in [0.15, 0.2) is 0 Å². The topological polar surface area (TPSA) is 112 Å². The number of aromatic nitrogens is 2. The Morgan fingerprint density at radius 1 is 1.45 bits per heavy atom. The van der Waals surface area contributed by atoms with Crippen LogP contribution >= 0.6 is 11.6 Å². The molecule has 1 aliphatic heterocycles. The number of ether oxygens (including phenoxy) is 1. The van der Waals surface area contributed by atoms with E-state index in [9.17, 15) is 9.90 Å². The summed E-state index contributed by atoms with van der Waals surface area (Å²) in [7, 11) is 1.77. The van der Waals surface area contributed by atoms with Gasteiger partial charge in [-0.1, -0.05) is 23.7 Å². The minimum atomic E-state index is -0.636. The molecule has 1 aromatic heterocycles. The van der Waals surface area contributed by atoms with Crippen LogP contribution in [0.25, 0.3) is 0 Å². The first-order valence-corrected chi connectivity index (χ1v) is 11.1. The van der Waals surface area contributed by atoms with E-state index in [1.807, 2.05) is 6.92 Å². The Balaban J connectivity index is 1.74. The average Bonchev–Trinajstić information content (AvgIpc) is 2.82. The van der Waals surface area contributed by atoms with Gasteiger partial charge in [0.2, 0.25) is 5.95 Å². The van der Waals surface area contributed by atoms with Crippen molar-refractivity contribution in [3.05, 3.63) is 58.5 Å². The summed E-state index contributed by atoms with van der Waals surface area (Å²) in [4.78, 5) is 27.4. The van der Waals surface area contributed by atoms with E-state index in [1.54, 1.807) is 48.6 Å². The molecular formula is C23H29ClN6O3. The van der Waals surface area contributed by atoms with Crippen LogP contribution in [-0.4, -0.2) is 60.6 Å². The SMILES string of the molecule is C=N/C(=C\N(C)c1nc(NC2CCOCC2)ncc1C)C(=O)NC(CO)c1cccc(Cl)c1. The Kier molecular flexibility index (Phi) is 8.76. The van der Waals surface area contributed by atoms with Crippen molar-refractivity contribution in [1.29, 1.82) is 0 Å². The molecule has 1 aliphatic rings. The molecule has 1 aromatic carbocycles. The van der Waals surface area contributed by atoms with E-state index in [-0.39, 0.29) is 18.3 Å². The van der Waals surface area contributed by atoms with E-state index < -0.39 is 11.9 Å². The summed E-state index contributed by atoms with van der Waals surface area (Å²) in [5.74, 6) is 0.659. The predicted octanol–water partition coefficient (Wildman–Crippen LogP) is 2.86. The van der Waals surface area contributed by atoms with Crippen LogP contribution in [0.2, 0.25) is 5.02 Å². The lowest BCUT2D eigenvalue weighted by molar-refractivity contribution is -0.118. The van der Waals surface area contributed by atoms with Gasteiger partial charge in [0.05, 0.1) is 12.6 Å². The first-order valence-electron chi connectivity index (χ1n) is 10.7. The van der Waals surface area contributed by atoms with Gasteiger partial charge in [0.1, 0.15) is 11.5 Å². The summed E-state index contributed by atoms with van der Waals surface area (Å²) < 4.78 is 5.39. The molecule has 3 N–H and O–H groups in total. The third kappa shape index (κ3) is 6.74. The summed E-state index contributed by atoms with van der Waals surface area (Å²) >= 11 is 6.03. The van der Waals surface area contributed by atoms with Crippen molar-refractivity contribution in [3.63, 3.8) is 0 Å². The number of hydrogen-bond acceptors (Lipinski definition) is 8. The molecule has 1 saturated heterocycles. The highest BCUT2D eigenvalue weighted by Gasteiger charge is 2.19. The number of rotatable bonds is 9. The van der Waals surface area contributed by atoms with E-state index in [0.29, 0.717) is 35.6 Å². The van der Waals surface area contributed by atoms with Gasteiger partial charge in [-0.3, -0.25) is 9.79 Å². The molecular weight excluding hydrogens is 444 g/mol. The molecule has 2 heterocycles. The normalized spacial score (nSPS) is 15.6. The molecule has 1 amide bonds. The van der Waals surface area contributed by atoms with Gasteiger partial charge in [-0.25, -0.2) is 4.98 Å². The van der Waals surface area contributed by atoms with E-state index in [4.69, 9.17) is 16.3 Å². The molecule has 0 aliphatic carbocycles. The highest BCUT2D eigenvalue weighted by Crippen LogP contribution is 2.21. The number of aryl methyl sites for hydroxylation is 1. The second-order valence-electron chi connectivity index (χ2n) is 7.78. The maximum absolute atomic E-state index is 12.8. The first-order chi connectivity index (χ1) is 15.9. The van der Waals surface area contributed by atoms with Gasteiger partial charge in [0, 0.05) is 49.3 Å². The highest BCUT2D eigenvalue weighted by molar-refractivity contribution is 6.30. The first kappa shape index (κ1) is 24.6. The Hall–Kier alpha value is -3.01. The van der Waals surface area contributed by atoms with Crippen LogP contribution in [0, 0.1) is 6.92 Å². The Morgan fingerprint density at radius 3 is 2.88 bits per heavy atom. The van der Waals surface area contributed by atoms with Crippen molar-refractivity contribution in [2.75, 3.05) is 37.1 Å². The lowest BCUT2D eigenvalue weighted by Crippen LogP contribution is -2.32. The second-order valence-corrected chi connectivity index (χ2v) is 8.21. The summed E-state index contributed by atoms with van der Waals surface area (Å²) in [6, 6.07) is 6.57. The minimum Gasteiger partial charge on any atom is -0.394 e. The second kappa shape index (κ2) is 11.7. The molecule has 0 spiro atoms. The quantitative estimate of drug-likeness (QED) is 0.380. The monoisotopic (exact) mass is 472 g/mol. The largest absolute Gasteiger partial charge is 0.394 e. The number of anilines is 2. The number of halogens is 1. The molecule has 1 fully saturated rings. The molecule has 33 heavy (non-hydrogen) atoms. The van der Waals surface area contributed by atoms with Crippen molar-refractivity contribution in [2.24, 2.45) is 4.99 Å². The summed E-state index contributed by atoms with van der Waals surface area (Å²) in [5.41, 5.74) is 1.60.